The average molecular weight is 426 g/mol. The Labute approximate surface area is 166 Å². The summed E-state index contributed by atoms with van der Waals surface area (Å²) in [5.41, 5.74) is 1.20. The zero-order chi connectivity index (χ0) is 19.6. The van der Waals surface area contributed by atoms with E-state index in [-0.39, 0.29) is 29.0 Å². The van der Waals surface area contributed by atoms with Gasteiger partial charge in [0, 0.05) is 16.7 Å². The number of thiazole rings is 1. The van der Waals surface area contributed by atoms with Gasteiger partial charge in [0.2, 0.25) is 15.9 Å². The van der Waals surface area contributed by atoms with Crippen LogP contribution < -0.4 is 5.32 Å². The molecule has 1 fully saturated rings. The lowest BCUT2D eigenvalue weighted by Gasteiger charge is -2.22. The van der Waals surface area contributed by atoms with E-state index in [4.69, 9.17) is 0 Å². The van der Waals surface area contributed by atoms with Crippen molar-refractivity contribution in [3.8, 4) is 0 Å². The molecular weight excluding hydrogens is 406 g/mol. The minimum atomic E-state index is -3.83. The smallest absolute Gasteiger partial charge is 0.244 e. The monoisotopic (exact) mass is 425 g/mol. The van der Waals surface area contributed by atoms with Gasteiger partial charge in [-0.15, -0.1) is 23.1 Å². The maximum absolute atomic E-state index is 12.9. The van der Waals surface area contributed by atoms with E-state index < -0.39 is 16.1 Å². The summed E-state index contributed by atoms with van der Waals surface area (Å²) in [5, 5.41) is 5.55. The molecule has 1 N–H and O–H groups in total. The number of Topliss-reactive ketones (excluding diaryl/α,β-unsaturated/α-hetero) is 1. The van der Waals surface area contributed by atoms with Gasteiger partial charge in [-0.3, -0.25) is 9.59 Å². The summed E-state index contributed by atoms with van der Waals surface area (Å²) < 4.78 is 27.1. The van der Waals surface area contributed by atoms with Crippen molar-refractivity contribution in [1.29, 1.82) is 0 Å². The first kappa shape index (κ1) is 20.0. The molecule has 1 amide bonds. The van der Waals surface area contributed by atoms with Crippen LogP contribution in [-0.2, 0) is 21.4 Å². The standard InChI is InChI=1S/C17H19N3O4S3/c1-11(21)13-3-5-15(6-4-13)27(23,24)20-10-25-9-16(20)17(22)18-7-14-8-26-12(2)19-14/h3-6,8,16H,7,9-10H2,1-2H3,(H,18,22)/t16-/m1/s1. The summed E-state index contributed by atoms with van der Waals surface area (Å²) in [4.78, 5) is 28.3. The molecule has 3 rings (SSSR count). The van der Waals surface area contributed by atoms with Gasteiger partial charge in [0.25, 0.3) is 0 Å². The number of carbonyl (C=O) groups excluding carboxylic acids is 2. The van der Waals surface area contributed by atoms with Gasteiger partial charge in [-0.2, -0.15) is 4.31 Å². The lowest BCUT2D eigenvalue weighted by Crippen LogP contribution is -2.46. The molecule has 1 aliphatic heterocycles. The maximum atomic E-state index is 12.9. The number of thioether (sulfide) groups is 1. The fourth-order valence-electron chi connectivity index (χ4n) is 2.65. The van der Waals surface area contributed by atoms with Crippen LogP contribution in [0.3, 0.4) is 0 Å². The van der Waals surface area contributed by atoms with E-state index in [0.717, 1.165) is 10.7 Å². The molecule has 1 saturated heterocycles. The van der Waals surface area contributed by atoms with Crippen LogP contribution in [0, 0.1) is 6.92 Å². The third-order valence-electron chi connectivity index (χ3n) is 4.12. The van der Waals surface area contributed by atoms with Crippen LogP contribution in [0.25, 0.3) is 0 Å². The summed E-state index contributed by atoms with van der Waals surface area (Å²) in [7, 11) is -3.83. The fraction of sp³-hybridized carbons (Fsp3) is 0.353. The molecule has 27 heavy (non-hydrogen) atoms. The number of carbonyl (C=O) groups is 2. The van der Waals surface area contributed by atoms with E-state index in [1.54, 1.807) is 0 Å². The number of ketones is 1. The molecule has 0 spiro atoms. The number of hydrogen-bond acceptors (Lipinski definition) is 7. The molecule has 0 unspecified atom stereocenters. The van der Waals surface area contributed by atoms with Crippen molar-refractivity contribution < 1.29 is 18.0 Å². The van der Waals surface area contributed by atoms with Crippen LogP contribution in [0.1, 0.15) is 28.0 Å². The molecule has 0 radical (unpaired) electrons. The quantitative estimate of drug-likeness (QED) is 0.712. The number of nitrogens with zero attached hydrogens (tertiary/aromatic N) is 2. The van der Waals surface area contributed by atoms with Gasteiger partial charge >= 0.3 is 0 Å². The zero-order valence-electron chi connectivity index (χ0n) is 14.8. The zero-order valence-corrected chi connectivity index (χ0v) is 17.3. The van der Waals surface area contributed by atoms with Gasteiger partial charge in [0.05, 0.1) is 28.0 Å². The molecule has 1 aliphatic rings. The number of hydrogen-bond donors (Lipinski definition) is 1. The summed E-state index contributed by atoms with van der Waals surface area (Å²) in [6, 6.07) is 5.01. The molecule has 0 saturated carbocycles. The summed E-state index contributed by atoms with van der Waals surface area (Å²) in [6.07, 6.45) is 0. The molecule has 144 valence electrons. The third-order valence-corrected chi connectivity index (χ3v) is 7.99. The summed E-state index contributed by atoms with van der Waals surface area (Å²) in [6.45, 7) is 3.58. The number of aryl methyl sites for hydroxylation is 1. The first-order chi connectivity index (χ1) is 12.8. The number of aromatic nitrogens is 1. The Morgan fingerprint density at radius 3 is 2.59 bits per heavy atom. The highest BCUT2D eigenvalue weighted by Crippen LogP contribution is 2.28. The van der Waals surface area contributed by atoms with Crippen LogP contribution in [-0.4, -0.2) is 47.1 Å². The second-order valence-electron chi connectivity index (χ2n) is 6.06. The van der Waals surface area contributed by atoms with Crippen LogP contribution in [0.15, 0.2) is 34.5 Å². The molecule has 2 aromatic rings. The highest BCUT2D eigenvalue weighted by molar-refractivity contribution is 8.00. The maximum Gasteiger partial charge on any atom is 0.244 e. The minimum absolute atomic E-state index is 0.0722. The fourth-order valence-corrected chi connectivity index (χ4v) is 6.41. The SMILES string of the molecule is CC(=O)c1ccc(S(=O)(=O)N2CSC[C@@H]2C(=O)NCc2csc(C)n2)cc1. The largest absolute Gasteiger partial charge is 0.349 e. The van der Waals surface area contributed by atoms with Crippen molar-refractivity contribution in [3.63, 3.8) is 0 Å². The highest BCUT2D eigenvalue weighted by Gasteiger charge is 2.39. The van der Waals surface area contributed by atoms with Crippen LogP contribution in [0.2, 0.25) is 0 Å². The number of nitrogens with one attached hydrogen (secondary N) is 1. The van der Waals surface area contributed by atoms with Crippen molar-refractivity contribution in [2.75, 3.05) is 11.6 Å². The predicted octanol–water partition coefficient (Wildman–Crippen LogP) is 2.03. The van der Waals surface area contributed by atoms with E-state index in [2.05, 4.69) is 10.3 Å². The Kier molecular flexibility index (Phi) is 5.99. The minimum Gasteiger partial charge on any atom is -0.349 e. The molecule has 7 nitrogen and oxygen atoms in total. The predicted molar refractivity (Wildman–Crippen MR) is 105 cm³/mol. The molecule has 1 atom stereocenters. The number of amides is 1. The van der Waals surface area contributed by atoms with Crippen molar-refractivity contribution in [2.24, 2.45) is 0 Å². The molecular formula is C17H19N3O4S3. The number of sulfonamides is 1. The molecule has 10 heteroatoms. The van der Waals surface area contributed by atoms with Crippen molar-refractivity contribution in [1.82, 2.24) is 14.6 Å². The van der Waals surface area contributed by atoms with Crippen LogP contribution in [0.5, 0.6) is 0 Å². The average Bonchev–Trinajstić information content (AvgIpc) is 3.29. The number of rotatable bonds is 6. The van der Waals surface area contributed by atoms with E-state index in [1.807, 2.05) is 12.3 Å². The van der Waals surface area contributed by atoms with E-state index in [1.165, 1.54) is 58.6 Å². The lowest BCUT2D eigenvalue weighted by atomic mass is 10.2. The molecule has 0 aliphatic carbocycles. The van der Waals surface area contributed by atoms with Gasteiger partial charge in [-0.1, -0.05) is 12.1 Å². The van der Waals surface area contributed by atoms with E-state index >= 15 is 0 Å². The van der Waals surface area contributed by atoms with Crippen molar-refractivity contribution >= 4 is 44.8 Å². The first-order valence-electron chi connectivity index (χ1n) is 8.18. The molecule has 1 aromatic heterocycles. The van der Waals surface area contributed by atoms with Crippen LogP contribution >= 0.6 is 23.1 Å². The highest BCUT2D eigenvalue weighted by atomic mass is 32.2. The van der Waals surface area contributed by atoms with Crippen molar-refractivity contribution in [3.05, 3.63) is 45.9 Å². The van der Waals surface area contributed by atoms with Gasteiger partial charge in [0.15, 0.2) is 5.78 Å². The third kappa shape index (κ3) is 4.40. The first-order valence-corrected chi connectivity index (χ1v) is 11.7. The molecule has 1 aromatic carbocycles. The summed E-state index contributed by atoms with van der Waals surface area (Å²) >= 11 is 2.89. The number of benzene rings is 1. The van der Waals surface area contributed by atoms with Gasteiger partial charge in [0.1, 0.15) is 6.04 Å². The Morgan fingerprint density at radius 1 is 1.30 bits per heavy atom. The van der Waals surface area contributed by atoms with Gasteiger partial charge < -0.3 is 5.32 Å². The second-order valence-corrected chi connectivity index (χ2v) is 10.0. The topological polar surface area (TPSA) is 96.4 Å². The lowest BCUT2D eigenvalue weighted by molar-refractivity contribution is -0.124. The Balaban J connectivity index is 1.73. The van der Waals surface area contributed by atoms with Crippen molar-refractivity contribution in [2.45, 2.75) is 31.3 Å². The summed E-state index contributed by atoms with van der Waals surface area (Å²) in [5.74, 6) is 0.136. The van der Waals surface area contributed by atoms with E-state index in [0.29, 0.717) is 11.3 Å². The molecule has 2 heterocycles. The second kappa shape index (κ2) is 8.09. The molecule has 0 bridgehead atoms. The Hall–Kier alpha value is -1.75. The Morgan fingerprint density at radius 2 is 2.00 bits per heavy atom. The van der Waals surface area contributed by atoms with E-state index in [9.17, 15) is 18.0 Å². The van der Waals surface area contributed by atoms with Gasteiger partial charge in [-0.05, 0) is 26.0 Å². The van der Waals surface area contributed by atoms with Crippen LogP contribution in [0.4, 0.5) is 0 Å². The normalized spacial score (nSPS) is 17.8. The Bertz CT molecular complexity index is 954. The van der Waals surface area contributed by atoms with Gasteiger partial charge in [-0.25, -0.2) is 13.4 Å².